The van der Waals surface area contributed by atoms with Gasteiger partial charge in [-0.1, -0.05) is 97.9 Å². The number of rotatable bonds is 12. The zero-order valence-corrected chi connectivity index (χ0v) is 22.1. The molecule has 38 heavy (non-hydrogen) atoms. The maximum absolute atomic E-state index is 6.66. The van der Waals surface area contributed by atoms with Crippen LogP contribution in [0.3, 0.4) is 0 Å². The Morgan fingerprint density at radius 3 is 1.89 bits per heavy atom. The minimum atomic E-state index is -0.260. The second-order valence-electron chi connectivity index (χ2n) is 10.0. The summed E-state index contributed by atoms with van der Waals surface area (Å²) in [4.78, 5) is 4.95. The summed E-state index contributed by atoms with van der Waals surface area (Å²) in [5.41, 5.74) is 3.42. The van der Waals surface area contributed by atoms with Gasteiger partial charge < -0.3 is 24.3 Å². The Kier molecular flexibility index (Phi) is 9.43. The monoisotopic (exact) mass is 514 g/mol. The van der Waals surface area contributed by atoms with Crippen LogP contribution in [-0.4, -0.2) is 43.5 Å². The Bertz CT molecular complexity index is 1130. The second kappa shape index (κ2) is 13.6. The zero-order chi connectivity index (χ0) is 26.0. The molecule has 1 saturated carbocycles. The van der Waals surface area contributed by atoms with Crippen molar-refractivity contribution in [2.75, 3.05) is 13.2 Å². The van der Waals surface area contributed by atoms with Crippen molar-refractivity contribution in [3.8, 4) is 0 Å². The molecule has 0 bridgehead atoms. The Labute approximate surface area is 226 Å². The van der Waals surface area contributed by atoms with Gasteiger partial charge in [-0.15, -0.1) is 0 Å². The molecule has 0 spiro atoms. The largest absolute Gasteiger partial charge is 0.460 e. The molecule has 1 heterocycles. The van der Waals surface area contributed by atoms with Crippen LogP contribution >= 0.6 is 0 Å². The van der Waals surface area contributed by atoms with Crippen LogP contribution in [0.25, 0.3) is 0 Å². The number of nitrogens with zero attached hydrogens (tertiary/aromatic N) is 1. The van der Waals surface area contributed by atoms with Crippen LogP contribution in [0.5, 0.6) is 0 Å². The summed E-state index contributed by atoms with van der Waals surface area (Å²) >= 11 is 0. The standard InChI is InChI=1S/C32H38N2O4/c1-2-18-33-32-34-29-28(38-32)19-27(23-35-20-24-12-6-3-7-13-24)30(36-21-25-14-8-4-9-15-25)31(29)37-22-26-16-10-5-11-17-26/h3-17,27-31H,2,18-23H2,1H3,(H,33,34)/t27-,28+,29-,30-,31-/m0/s1. The van der Waals surface area contributed by atoms with Crippen LogP contribution in [0, 0.1) is 5.92 Å². The molecule has 5 rings (SSSR count). The molecule has 0 aromatic heterocycles. The molecule has 0 unspecified atom stereocenters. The molecule has 1 fully saturated rings. The van der Waals surface area contributed by atoms with Crippen molar-refractivity contribution in [3.05, 3.63) is 108 Å². The van der Waals surface area contributed by atoms with Crippen molar-refractivity contribution >= 4 is 6.02 Å². The minimum Gasteiger partial charge on any atom is -0.460 e. The first-order valence-electron chi connectivity index (χ1n) is 13.7. The summed E-state index contributed by atoms with van der Waals surface area (Å²) in [7, 11) is 0. The van der Waals surface area contributed by atoms with E-state index >= 15 is 0 Å². The molecule has 0 radical (unpaired) electrons. The molecule has 3 aromatic rings. The van der Waals surface area contributed by atoms with E-state index in [2.05, 4.69) is 48.6 Å². The third kappa shape index (κ3) is 7.01. The van der Waals surface area contributed by atoms with Crippen LogP contribution in [0.2, 0.25) is 0 Å². The van der Waals surface area contributed by atoms with Crippen LogP contribution in [-0.2, 0) is 38.8 Å². The molecule has 1 aliphatic carbocycles. The summed E-state index contributed by atoms with van der Waals surface area (Å²) < 4.78 is 25.8. The van der Waals surface area contributed by atoms with Gasteiger partial charge in [-0.25, -0.2) is 4.99 Å². The van der Waals surface area contributed by atoms with Crippen molar-refractivity contribution in [1.82, 2.24) is 5.32 Å². The highest BCUT2D eigenvalue weighted by Crippen LogP contribution is 2.37. The lowest BCUT2D eigenvalue weighted by atomic mass is 9.79. The van der Waals surface area contributed by atoms with Crippen LogP contribution < -0.4 is 5.32 Å². The van der Waals surface area contributed by atoms with Crippen molar-refractivity contribution in [3.63, 3.8) is 0 Å². The predicted octanol–water partition coefficient (Wildman–Crippen LogP) is 5.52. The summed E-state index contributed by atoms with van der Waals surface area (Å²) in [5, 5.41) is 3.33. The van der Waals surface area contributed by atoms with Crippen molar-refractivity contribution in [1.29, 1.82) is 0 Å². The molecule has 6 heteroatoms. The van der Waals surface area contributed by atoms with Crippen LogP contribution in [0.4, 0.5) is 0 Å². The van der Waals surface area contributed by atoms with E-state index < -0.39 is 0 Å². The van der Waals surface area contributed by atoms with Gasteiger partial charge in [0.25, 0.3) is 6.02 Å². The Morgan fingerprint density at radius 1 is 0.763 bits per heavy atom. The van der Waals surface area contributed by atoms with E-state index in [-0.39, 0.29) is 30.3 Å². The number of hydrogen-bond acceptors (Lipinski definition) is 6. The number of benzene rings is 3. The quantitative estimate of drug-likeness (QED) is 0.345. The summed E-state index contributed by atoms with van der Waals surface area (Å²) in [6.07, 6.45) is 1.28. The first kappa shape index (κ1) is 26.4. The Hall–Kier alpha value is -3.19. The lowest BCUT2D eigenvalue weighted by Gasteiger charge is -2.42. The predicted molar refractivity (Wildman–Crippen MR) is 149 cm³/mol. The van der Waals surface area contributed by atoms with Gasteiger partial charge in [-0.3, -0.25) is 0 Å². The molecule has 0 saturated heterocycles. The lowest BCUT2D eigenvalue weighted by molar-refractivity contribution is -0.162. The van der Waals surface area contributed by atoms with Gasteiger partial charge in [0.2, 0.25) is 0 Å². The summed E-state index contributed by atoms with van der Waals surface area (Å²) in [5.74, 6) is 0.102. The van der Waals surface area contributed by atoms with Crippen LogP contribution in [0.1, 0.15) is 36.5 Å². The highest BCUT2D eigenvalue weighted by molar-refractivity contribution is 5.75. The van der Waals surface area contributed by atoms with E-state index in [1.807, 2.05) is 54.6 Å². The maximum Gasteiger partial charge on any atom is 0.285 e. The Morgan fingerprint density at radius 2 is 1.32 bits per heavy atom. The molecular formula is C32H38N2O4. The fraction of sp³-hybridized carbons (Fsp3) is 0.406. The van der Waals surface area contributed by atoms with E-state index in [1.165, 1.54) is 0 Å². The van der Waals surface area contributed by atoms with Crippen molar-refractivity contribution in [2.45, 2.75) is 63.9 Å². The molecule has 1 aliphatic heterocycles. The first-order chi connectivity index (χ1) is 18.8. The molecule has 2 aliphatic rings. The third-order valence-electron chi connectivity index (χ3n) is 7.11. The van der Waals surface area contributed by atoms with Crippen molar-refractivity contribution < 1.29 is 18.9 Å². The van der Waals surface area contributed by atoms with Crippen LogP contribution in [0.15, 0.2) is 96.0 Å². The highest BCUT2D eigenvalue weighted by Gasteiger charge is 2.50. The Balaban J connectivity index is 1.36. The zero-order valence-electron chi connectivity index (χ0n) is 22.1. The number of nitrogens with one attached hydrogen (secondary N) is 1. The summed E-state index contributed by atoms with van der Waals surface area (Å²) in [6, 6.07) is 31.3. The third-order valence-corrected chi connectivity index (χ3v) is 7.11. The molecule has 1 N–H and O–H groups in total. The number of fused-ring (bicyclic) bond motifs is 1. The average molecular weight is 515 g/mol. The van der Waals surface area contributed by atoms with Gasteiger partial charge in [-0.05, 0) is 29.5 Å². The molecular weight excluding hydrogens is 476 g/mol. The van der Waals surface area contributed by atoms with Gasteiger partial charge in [0.1, 0.15) is 18.2 Å². The molecule has 0 amide bonds. The van der Waals surface area contributed by atoms with Gasteiger partial charge >= 0.3 is 0 Å². The normalized spacial score (nSPS) is 24.3. The molecule has 3 aromatic carbocycles. The topological polar surface area (TPSA) is 61.3 Å². The summed E-state index contributed by atoms with van der Waals surface area (Å²) in [6.45, 7) is 5.08. The average Bonchev–Trinajstić information content (AvgIpc) is 3.38. The van der Waals surface area contributed by atoms with E-state index in [0.29, 0.717) is 32.4 Å². The minimum absolute atomic E-state index is 0.0722. The van der Waals surface area contributed by atoms with Gasteiger partial charge in [0.05, 0.1) is 32.5 Å². The number of amidine groups is 1. The second-order valence-corrected chi connectivity index (χ2v) is 10.0. The van der Waals surface area contributed by atoms with Gasteiger partial charge in [0, 0.05) is 12.5 Å². The van der Waals surface area contributed by atoms with E-state index in [1.54, 1.807) is 0 Å². The highest BCUT2D eigenvalue weighted by atomic mass is 16.6. The van der Waals surface area contributed by atoms with E-state index in [4.69, 9.17) is 23.9 Å². The smallest absolute Gasteiger partial charge is 0.285 e. The number of ether oxygens (including phenoxy) is 4. The first-order valence-corrected chi connectivity index (χ1v) is 13.7. The SMILES string of the molecule is CCCNC1=N[C@@H]2[C@H](OCc3ccccc3)[C@@H](OCc3ccccc3)[C@H](COCc3ccccc3)C[C@H]2O1. The number of aliphatic imine (C=N–C) groups is 1. The maximum atomic E-state index is 6.66. The fourth-order valence-corrected chi connectivity index (χ4v) is 5.17. The lowest BCUT2D eigenvalue weighted by Crippen LogP contribution is -2.55. The fourth-order valence-electron chi connectivity index (χ4n) is 5.17. The van der Waals surface area contributed by atoms with Gasteiger partial charge in [0.15, 0.2) is 0 Å². The van der Waals surface area contributed by atoms with Gasteiger partial charge in [-0.2, -0.15) is 0 Å². The number of hydrogen-bond donors (Lipinski definition) is 1. The van der Waals surface area contributed by atoms with E-state index in [0.717, 1.165) is 36.1 Å². The van der Waals surface area contributed by atoms with E-state index in [9.17, 15) is 0 Å². The molecule has 6 nitrogen and oxygen atoms in total. The molecule has 200 valence electrons. The van der Waals surface area contributed by atoms with Crippen molar-refractivity contribution in [2.24, 2.45) is 10.9 Å². The molecule has 5 atom stereocenters.